The number of halogens is 1. The van der Waals surface area contributed by atoms with Gasteiger partial charge in [0.15, 0.2) is 5.75 Å². The Kier molecular flexibility index (Phi) is 9.99. The van der Waals surface area contributed by atoms with Crippen LogP contribution in [0.4, 0.5) is 0 Å². The second-order valence-electron chi connectivity index (χ2n) is 7.30. The molecule has 0 amide bonds. The molecule has 0 radical (unpaired) electrons. The van der Waals surface area contributed by atoms with E-state index in [1.54, 1.807) is 6.07 Å². The summed E-state index contributed by atoms with van der Waals surface area (Å²) in [5.41, 5.74) is 0. The van der Waals surface area contributed by atoms with E-state index in [1.165, 1.54) is 0 Å². The molecule has 0 spiro atoms. The Morgan fingerprint density at radius 2 is 1.34 bits per heavy atom. The van der Waals surface area contributed by atoms with Gasteiger partial charge in [0.1, 0.15) is 5.75 Å². The lowest BCUT2D eigenvalue weighted by Crippen LogP contribution is -2.10. The van der Waals surface area contributed by atoms with E-state index >= 15 is 0 Å². The number of benzene rings is 2. The Morgan fingerprint density at radius 1 is 0.793 bits per heavy atom. The van der Waals surface area contributed by atoms with Crippen molar-refractivity contribution in [2.75, 3.05) is 0 Å². The fraction of sp³-hybridized carbons (Fsp3) is 0.500. The van der Waals surface area contributed by atoms with Crippen LogP contribution in [0.15, 0.2) is 30.3 Å². The largest absolute Gasteiger partial charge is 0.426 e. The van der Waals surface area contributed by atoms with Crippen LogP contribution < -0.4 is 9.47 Å². The standard InChI is InChI=1S/C24H31ClO4/c1-3-5-7-9-15-22(26)28-21-17-20(25)24(19-14-12-11-13-18(19)21)29-23(27)16-10-8-6-4-2/h11-14,17H,3-10,15-16H2,1-2H3. The van der Waals surface area contributed by atoms with Crippen molar-refractivity contribution in [3.63, 3.8) is 0 Å². The number of fused-ring (bicyclic) bond motifs is 1. The molecule has 0 N–H and O–H groups in total. The monoisotopic (exact) mass is 418 g/mol. The molecule has 29 heavy (non-hydrogen) atoms. The van der Waals surface area contributed by atoms with Crippen LogP contribution in [0.25, 0.3) is 10.8 Å². The fourth-order valence-electron chi connectivity index (χ4n) is 3.20. The first kappa shape index (κ1) is 23.2. The van der Waals surface area contributed by atoms with Crippen LogP contribution in [-0.2, 0) is 9.59 Å². The summed E-state index contributed by atoms with van der Waals surface area (Å²) in [6.45, 7) is 4.26. The van der Waals surface area contributed by atoms with Gasteiger partial charge in [-0.1, -0.05) is 88.2 Å². The minimum Gasteiger partial charge on any atom is -0.426 e. The molecule has 0 bridgehead atoms. The Bertz CT molecular complexity index is 816. The van der Waals surface area contributed by atoms with Crippen molar-refractivity contribution >= 4 is 34.3 Å². The van der Waals surface area contributed by atoms with E-state index in [0.717, 1.165) is 51.4 Å². The molecule has 5 heteroatoms. The summed E-state index contributed by atoms with van der Waals surface area (Å²) in [7, 11) is 0. The van der Waals surface area contributed by atoms with Crippen molar-refractivity contribution in [1.82, 2.24) is 0 Å². The predicted octanol–water partition coefficient (Wildman–Crippen LogP) is 7.24. The number of carbonyl (C=O) groups is 2. The zero-order valence-corrected chi connectivity index (χ0v) is 18.2. The van der Waals surface area contributed by atoms with Crippen molar-refractivity contribution in [3.8, 4) is 11.5 Å². The maximum absolute atomic E-state index is 12.2. The minimum atomic E-state index is -0.297. The zero-order chi connectivity index (χ0) is 21.1. The van der Waals surface area contributed by atoms with Gasteiger partial charge in [0.25, 0.3) is 0 Å². The molecule has 0 aliphatic heterocycles. The van der Waals surface area contributed by atoms with E-state index in [1.807, 2.05) is 24.3 Å². The minimum absolute atomic E-state index is 0.263. The smallest absolute Gasteiger partial charge is 0.311 e. The number of unbranched alkanes of at least 4 members (excludes halogenated alkanes) is 6. The fourth-order valence-corrected chi connectivity index (χ4v) is 3.44. The van der Waals surface area contributed by atoms with Crippen LogP contribution in [0.3, 0.4) is 0 Å². The lowest BCUT2D eigenvalue weighted by atomic mass is 10.1. The predicted molar refractivity (Wildman–Crippen MR) is 118 cm³/mol. The Hall–Kier alpha value is -2.07. The second kappa shape index (κ2) is 12.5. The quantitative estimate of drug-likeness (QED) is 0.207. The number of hydrogen-bond acceptors (Lipinski definition) is 4. The van der Waals surface area contributed by atoms with Crippen molar-refractivity contribution in [3.05, 3.63) is 35.4 Å². The third kappa shape index (κ3) is 7.36. The van der Waals surface area contributed by atoms with Gasteiger partial charge in [-0.05, 0) is 12.8 Å². The maximum atomic E-state index is 12.2. The summed E-state index contributed by atoms with van der Waals surface area (Å²) in [5.74, 6) is 0.149. The molecule has 0 saturated carbocycles. The highest BCUT2D eigenvalue weighted by Crippen LogP contribution is 2.40. The van der Waals surface area contributed by atoms with Gasteiger partial charge < -0.3 is 9.47 Å². The van der Waals surface area contributed by atoms with E-state index in [0.29, 0.717) is 35.1 Å². The molecule has 0 unspecified atom stereocenters. The van der Waals surface area contributed by atoms with Crippen molar-refractivity contribution < 1.29 is 19.1 Å². The highest BCUT2D eigenvalue weighted by Gasteiger charge is 2.17. The first-order chi connectivity index (χ1) is 14.1. The number of rotatable bonds is 12. The summed E-state index contributed by atoms with van der Waals surface area (Å²) < 4.78 is 11.2. The van der Waals surface area contributed by atoms with E-state index in [9.17, 15) is 9.59 Å². The van der Waals surface area contributed by atoms with Gasteiger partial charge in [-0.3, -0.25) is 9.59 Å². The molecule has 0 heterocycles. The number of carbonyl (C=O) groups excluding carboxylic acids is 2. The van der Waals surface area contributed by atoms with Crippen LogP contribution >= 0.6 is 11.6 Å². The van der Waals surface area contributed by atoms with Crippen LogP contribution in [0.5, 0.6) is 11.5 Å². The molecule has 0 aromatic heterocycles. The molecule has 0 saturated heterocycles. The van der Waals surface area contributed by atoms with Gasteiger partial charge in [-0.25, -0.2) is 0 Å². The van der Waals surface area contributed by atoms with Crippen molar-refractivity contribution in [1.29, 1.82) is 0 Å². The second-order valence-corrected chi connectivity index (χ2v) is 7.71. The van der Waals surface area contributed by atoms with Gasteiger partial charge in [0, 0.05) is 29.7 Å². The molecule has 0 fully saturated rings. The van der Waals surface area contributed by atoms with Crippen LogP contribution in [0.1, 0.15) is 78.1 Å². The Balaban J connectivity index is 2.12. The highest BCUT2D eigenvalue weighted by molar-refractivity contribution is 6.33. The van der Waals surface area contributed by atoms with Gasteiger partial charge in [-0.15, -0.1) is 0 Å². The lowest BCUT2D eigenvalue weighted by Gasteiger charge is -2.14. The molecule has 2 aromatic rings. The highest BCUT2D eigenvalue weighted by atomic mass is 35.5. The molecular formula is C24H31ClO4. The van der Waals surface area contributed by atoms with Gasteiger partial charge >= 0.3 is 11.9 Å². The van der Waals surface area contributed by atoms with Crippen LogP contribution in [0, 0.1) is 0 Å². The molecule has 0 aliphatic carbocycles. The third-order valence-corrected chi connectivity index (χ3v) is 5.10. The number of hydrogen-bond donors (Lipinski definition) is 0. The average Bonchev–Trinajstić information content (AvgIpc) is 2.71. The SMILES string of the molecule is CCCCCCC(=O)Oc1cc(Cl)c(OC(=O)CCCCCC)c2ccccc12. The summed E-state index contributed by atoms with van der Waals surface area (Å²) in [5, 5.41) is 1.63. The first-order valence-electron chi connectivity index (χ1n) is 10.7. The van der Waals surface area contributed by atoms with Gasteiger partial charge in [0.2, 0.25) is 0 Å². The summed E-state index contributed by atoms with van der Waals surface area (Å²) >= 11 is 6.40. The molecule has 2 aromatic carbocycles. The number of esters is 2. The third-order valence-electron chi connectivity index (χ3n) is 4.82. The summed E-state index contributed by atoms with van der Waals surface area (Å²) in [6.07, 6.45) is 8.82. The topological polar surface area (TPSA) is 52.6 Å². The Labute approximate surface area is 178 Å². The first-order valence-corrected chi connectivity index (χ1v) is 11.1. The van der Waals surface area contributed by atoms with Crippen molar-refractivity contribution in [2.45, 2.75) is 78.1 Å². The van der Waals surface area contributed by atoms with E-state index in [-0.39, 0.29) is 17.0 Å². The molecule has 2 rings (SSSR count). The molecule has 0 atom stereocenters. The van der Waals surface area contributed by atoms with Gasteiger partial charge in [0.05, 0.1) is 5.02 Å². The van der Waals surface area contributed by atoms with E-state index < -0.39 is 0 Å². The van der Waals surface area contributed by atoms with Crippen molar-refractivity contribution in [2.24, 2.45) is 0 Å². The molecule has 158 valence electrons. The summed E-state index contributed by atoms with van der Waals surface area (Å²) in [4.78, 5) is 24.5. The molecule has 0 aliphatic rings. The zero-order valence-electron chi connectivity index (χ0n) is 17.5. The average molecular weight is 419 g/mol. The van der Waals surface area contributed by atoms with E-state index in [4.69, 9.17) is 21.1 Å². The van der Waals surface area contributed by atoms with E-state index in [2.05, 4.69) is 13.8 Å². The summed E-state index contributed by atoms with van der Waals surface area (Å²) in [6, 6.07) is 8.91. The normalized spacial score (nSPS) is 10.9. The number of ether oxygens (including phenoxy) is 2. The van der Waals surface area contributed by atoms with Crippen LogP contribution in [-0.4, -0.2) is 11.9 Å². The van der Waals surface area contributed by atoms with Gasteiger partial charge in [-0.2, -0.15) is 0 Å². The Morgan fingerprint density at radius 3 is 1.93 bits per heavy atom. The lowest BCUT2D eigenvalue weighted by molar-refractivity contribution is -0.135. The van der Waals surface area contributed by atoms with Crippen LogP contribution in [0.2, 0.25) is 5.02 Å². The maximum Gasteiger partial charge on any atom is 0.311 e. The molecular weight excluding hydrogens is 388 g/mol. The molecule has 4 nitrogen and oxygen atoms in total.